The van der Waals surface area contributed by atoms with Gasteiger partial charge in [0.15, 0.2) is 17.3 Å². The molecule has 2 aliphatic rings. The van der Waals surface area contributed by atoms with E-state index in [1.165, 1.54) is 11.1 Å². The molecule has 0 spiro atoms. The summed E-state index contributed by atoms with van der Waals surface area (Å²) in [6, 6.07) is 49.1. The molecule has 8 heteroatoms. The first kappa shape index (κ1) is 36.5. The smallest absolute Gasteiger partial charge is 0.184 e. The monoisotopic (exact) mass is 771 g/mol. The second-order valence-corrected chi connectivity index (χ2v) is 15.8. The number of carbonyl (C=O) groups excluding carboxylic acids is 1. The van der Waals surface area contributed by atoms with Gasteiger partial charge in [-0.1, -0.05) is 140 Å². The summed E-state index contributed by atoms with van der Waals surface area (Å²) >= 11 is 0. The first-order valence-electron chi connectivity index (χ1n) is 20.8. The number of aromatic nitrogens is 7. The van der Waals surface area contributed by atoms with Gasteiger partial charge >= 0.3 is 0 Å². The number of hydrogen-bond donors (Lipinski definition) is 0. The molecule has 0 amide bonds. The molecule has 10 rings (SSSR count). The summed E-state index contributed by atoms with van der Waals surface area (Å²) in [5, 5.41) is 14.0. The molecular weight excluding hydrogens is 727 g/mol. The van der Waals surface area contributed by atoms with E-state index in [-0.39, 0.29) is 11.8 Å². The predicted molar refractivity (Wildman–Crippen MR) is 233 cm³/mol. The van der Waals surface area contributed by atoms with Crippen molar-refractivity contribution in [1.29, 1.82) is 0 Å². The van der Waals surface area contributed by atoms with Crippen LogP contribution >= 0.6 is 0 Å². The molecule has 0 saturated heterocycles. The highest BCUT2D eigenvalue weighted by Gasteiger charge is 2.42. The van der Waals surface area contributed by atoms with Crippen molar-refractivity contribution in [3.8, 4) is 22.5 Å². The molecule has 0 aliphatic heterocycles. The second-order valence-electron chi connectivity index (χ2n) is 15.8. The molecule has 1 fully saturated rings. The van der Waals surface area contributed by atoms with Crippen molar-refractivity contribution in [2.24, 2.45) is 0 Å². The van der Waals surface area contributed by atoms with Crippen molar-refractivity contribution >= 4 is 23.0 Å². The standard InChI is InChI=1S/C51H45N7O/c1-3-47-53-48-34(2)31-41(33-37-17-13-16-26-46(37)59)52-50(48)57(47)45-30-28-36-32-35(27-29-43(36)45)42-24-14-15-25-44(42)49-54-55-56-58(49)51(38-18-7-4-8-19-38,39-20-9-5-10-21-39)40-22-11-6-12-23-40/h4-12,14-15,18-25,27,29,31-33,45H,3,13,16-17,26,28,30H2,1-2H3/t45-/m0/s1. The third kappa shape index (κ3) is 6.22. The number of tetrazole rings is 1. The number of pyridine rings is 1. The Hall–Kier alpha value is -6.80. The van der Waals surface area contributed by atoms with Gasteiger partial charge in [0, 0.05) is 18.4 Å². The van der Waals surface area contributed by atoms with Crippen molar-refractivity contribution < 1.29 is 4.79 Å². The molecule has 2 aliphatic carbocycles. The van der Waals surface area contributed by atoms with Gasteiger partial charge in [-0.25, -0.2) is 14.6 Å². The van der Waals surface area contributed by atoms with Crippen molar-refractivity contribution in [1.82, 2.24) is 34.7 Å². The van der Waals surface area contributed by atoms with E-state index in [0.717, 1.165) is 106 Å². The maximum atomic E-state index is 12.7. The summed E-state index contributed by atoms with van der Waals surface area (Å²) in [5.41, 5.74) is 12.7. The van der Waals surface area contributed by atoms with Gasteiger partial charge in [0.05, 0.1) is 11.7 Å². The zero-order chi connectivity index (χ0) is 39.9. The molecule has 59 heavy (non-hydrogen) atoms. The zero-order valence-corrected chi connectivity index (χ0v) is 33.4. The van der Waals surface area contributed by atoms with Crippen LogP contribution in [0.2, 0.25) is 0 Å². The van der Waals surface area contributed by atoms with Crippen LogP contribution in [0.25, 0.3) is 39.8 Å². The summed E-state index contributed by atoms with van der Waals surface area (Å²) in [7, 11) is 0. The maximum Gasteiger partial charge on any atom is 0.184 e. The highest BCUT2D eigenvalue weighted by Crippen LogP contribution is 2.45. The largest absolute Gasteiger partial charge is 0.305 e. The Kier molecular flexibility index (Phi) is 9.40. The number of hydrogen-bond acceptors (Lipinski definition) is 6. The molecule has 3 heterocycles. The fraction of sp³-hybridized carbons (Fsp3) is 0.216. The normalized spacial score (nSPS) is 16.2. The van der Waals surface area contributed by atoms with Crippen LogP contribution in [0.15, 0.2) is 145 Å². The van der Waals surface area contributed by atoms with Gasteiger partial charge in [-0.15, -0.1) is 5.10 Å². The number of aryl methyl sites for hydroxylation is 3. The molecule has 0 unspecified atom stereocenters. The summed E-state index contributed by atoms with van der Waals surface area (Å²) in [5.74, 6) is 1.96. The van der Waals surface area contributed by atoms with Crippen LogP contribution in [-0.4, -0.2) is 40.5 Å². The van der Waals surface area contributed by atoms with Gasteiger partial charge in [-0.05, 0) is 112 Å². The third-order valence-corrected chi connectivity index (χ3v) is 12.4. The Morgan fingerprint density at radius 1 is 0.729 bits per heavy atom. The average molecular weight is 772 g/mol. The Bertz CT molecular complexity index is 2760. The van der Waals surface area contributed by atoms with E-state index in [1.54, 1.807) is 0 Å². The van der Waals surface area contributed by atoms with E-state index >= 15 is 0 Å². The molecule has 8 aromatic rings. The molecule has 290 valence electrons. The second kappa shape index (κ2) is 15.2. The predicted octanol–water partition coefficient (Wildman–Crippen LogP) is 10.5. The first-order valence-corrected chi connectivity index (χ1v) is 20.8. The molecule has 3 aromatic heterocycles. The van der Waals surface area contributed by atoms with Crippen molar-refractivity contribution in [3.05, 3.63) is 190 Å². The Morgan fingerprint density at radius 3 is 2.03 bits per heavy atom. The van der Waals surface area contributed by atoms with Crippen LogP contribution in [0.1, 0.15) is 90.0 Å². The van der Waals surface area contributed by atoms with Gasteiger partial charge in [0.25, 0.3) is 0 Å². The number of ketones is 1. The Labute approximate surface area is 344 Å². The van der Waals surface area contributed by atoms with E-state index in [1.807, 2.05) is 29.0 Å². The summed E-state index contributed by atoms with van der Waals surface area (Å²) < 4.78 is 4.38. The van der Waals surface area contributed by atoms with Gasteiger partial charge in [-0.3, -0.25) is 4.79 Å². The van der Waals surface area contributed by atoms with E-state index < -0.39 is 5.54 Å². The van der Waals surface area contributed by atoms with Crippen LogP contribution in [0, 0.1) is 6.92 Å². The number of rotatable bonds is 9. The van der Waals surface area contributed by atoms with E-state index in [2.05, 4.69) is 145 Å². The number of imidazole rings is 1. The molecule has 0 N–H and O–H groups in total. The summed E-state index contributed by atoms with van der Waals surface area (Å²) in [4.78, 5) is 23.1. The van der Waals surface area contributed by atoms with Crippen molar-refractivity contribution in [3.63, 3.8) is 0 Å². The number of carbonyl (C=O) groups is 1. The number of nitrogens with zero attached hydrogens (tertiary/aromatic N) is 7. The molecule has 1 saturated carbocycles. The van der Waals surface area contributed by atoms with E-state index in [4.69, 9.17) is 20.3 Å². The topological polar surface area (TPSA) is 91.4 Å². The molecule has 0 bridgehead atoms. The molecule has 1 atom stereocenters. The van der Waals surface area contributed by atoms with Gasteiger partial charge in [0.2, 0.25) is 0 Å². The Morgan fingerprint density at radius 2 is 1.37 bits per heavy atom. The lowest BCUT2D eigenvalue weighted by Gasteiger charge is -2.36. The SMILES string of the molecule is CCc1nc2c(C)cc(C=C3CCCCC3=O)nc2n1[C@H]1CCc2cc(-c3ccccc3-c3nnnn3C(c3ccccc3)(c3ccccc3)c3ccccc3)ccc21. The van der Waals surface area contributed by atoms with Gasteiger partial charge in [0.1, 0.15) is 16.9 Å². The van der Waals surface area contributed by atoms with Crippen LogP contribution in [-0.2, 0) is 23.2 Å². The molecular formula is C51H45N7O. The maximum absolute atomic E-state index is 12.7. The molecule has 8 nitrogen and oxygen atoms in total. The lowest BCUT2D eigenvalue weighted by atomic mass is 9.77. The first-order chi connectivity index (χ1) is 29.0. The highest BCUT2D eigenvalue weighted by molar-refractivity contribution is 6.00. The van der Waals surface area contributed by atoms with Crippen LogP contribution in [0.4, 0.5) is 0 Å². The van der Waals surface area contributed by atoms with Gasteiger partial charge in [-0.2, -0.15) is 0 Å². The van der Waals surface area contributed by atoms with Gasteiger partial charge < -0.3 is 4.57 Å². The fourth-order valence-corrected chi connectivity index (χ4v) is 9.61. The van der Waals surface area contributed by atoms with Crippen LogP contribution < -0.4 is 0 Å². The quantitative estimate of drug-likeness (QED) is 0.107. The van der Waals surface area contributed by atoms with E-state index in [9.17, 15) is 4.79 Å². The lowest BCUT2D eigenvalue weighted by Crippen LogP contribution is -2.39. The lowest BCUT2D eigenvalue weighted by molar-refractivity contribution is -0.116. The minimum atomic E-state index is -0.861. The zero-order valence-electron chi connectivity index (χ0n) is 33.4. The number of allylic oxidation sites excluding steroid dienone is 1. The number of fused-ring (bicyclic) bond motifs is 2. The average Bonchev–Trinajstić information content (AvgIpc) is 4.04. The van der Waals surface area contributed by atoms with E-state index in [0.29, 0.717) is 12.2 Å². The summed E-state index contributed by atoms with van der Waals surface area (Å²) in [6.07, 6.45) is 8.18. The fourth-order valence-electron chi connectivity index (χ4n) is 9.61. The van der Waals surface area contributed by atoms with Crippen molar-refractivity contribution in [2.75, 3.05) is 0 Å². The minimum absolute atomic E-state index is 0.107. The Balaban J connectivity index is 1.08. The molecule has 0 radical (unpaired) electrons. The number of Topliss-reactive ketones (excluding diaryl/α,β-unsaturated/α-hetero) is 1. The van der Waals surface area contributed by atoms with Crippen LogP contribution in [0.5, 0.6) is 0 Å². The van der Waals surface area contributed by atoms with Crippen LogP contribution in [0.3, 0.4) is 0 Å². The van der Waals surface area contributed by atoms with Crippen molar-refractivity contribution in [2.45, 2.75) is 70.4 Å². The third-order valence-electron chi connectivity index (χ3n) is 12.4. The molecule has 5 aromatic carbocycles. The highest BCUT2D eigenvalue weighted by atomic mass is 16.1. The summed E-state index contributed by atoms with van der Waals surface area (Å²) in [6.45, 7) is 4.28. The minimum Gasteiger partial charge on any atom is -0.305 e. The number of benzene rings is 5.